The first kappa shape index (κ1) is 19.1. The maximum atomic E-state index is 12.9. The number of benzene rings is 1. The molecular weight excluding hydrogens is 297 g/mol. The molecule has 0 aliphatic rings. The molecule has 128 valence electrons. The van der Waals surface area contributed by atoms with E-state index in [1.54, 1.807) is 17.0 Å². The van der Waals surface area contributed by atoms with Crippen molar-refractivity contribution >= 4 is 11.8 Å². The zero-order valence-corrected chi connectivity index (χ0v) is 14.1. The molecule has 1 rings (SSSR count). The first-order chi connectivity index (χ1) is 10.9. The topological polar surface area (TPSA) is 52.7 Å². The quantitative estimate of drug-likeness (QED) is 0.745. The average molecular weight is 323 g/mol. The van der Waals surface area contributed by atoms with Crippen LogP contribution >= 0.6 is 0 Å². The lowest BCUT2D eigenvalue weighted by molar-refractivity contribution is -0.129. The van der Waals surface area contributed by atoms with Crippen molar-refractivity contribution in [1.82, 2.24) is 15.1 Å². The predicted molar refractivity (Wildman–Crippen MR) is 88.5 cm³/mol. The van der Waals surface area contributed by atoms with Gasteiger partial charge in [0.25, 0.3) is 0 Å². The Hall–Kier alpha value is -1.95. The first-order valence-corrected chi connectivity index (χ1v) is 7.80. The predicted octanol–water partition coefficient (Wildman–Crippen LogP) is 1.28. The Morgan fingerprint density at radius 2 is 1.74 bits per heavy atom. The summed E-state index contributed by atoms with van der Waals surface area (Å²) in [6.07, 6.45) is 0.929. The standard InChI is InChI=1S/C17H26FN3O2/c1-14(22)21(11-8-15-4-6-16(18)7-5-15)12-9-17(23)19-10-13-20(2)3/h4-7H,8-13H2,1-3H3,(H,19,23). The molecule has 6 heteroatoms. The lowest BCUT2D eigenvalue weighted by atomic mass is 10.1. The van der Waals surface area contributed by atoms with Crippen molar-refractivity contribution in [2.75, 3.05) is 40.3 Å². The highest BCUT2D eigenvalue weighted by atomic mass is 19.1. The third kappa shape index (κ3) is 8.30. The number of carbonyl (C=O) groups is 2. The van der Waals surface area contributed by atoms with Crippen molar-refractivity contribution in [3.63, 3.8) is 0 Å². The zero-order chi connectivity index (χ0) is 17.2. The summed E-state index contributed by atoms with van der Waals surface area (Å²) in [4.78, 5) is 27.1. The van der Waals surface area contributed by atoms with E-state index >= 15 is 0 Å². The molecule has 1 N–H and O–H groups in total. The van der Waals surface area contributed by atoms with Gasteiger partial charge in [0.05, 0.1) is 0 Å². The van der Waals surface area contributed by atoms with Crippen molar-refractivity contribution in [2.45, 2.75) is 19.8 Å². The Bertz CT molecular complexity index is 503. The van der Waals surface area contributed by atoms with Gasteiger partial charge < -0.3 is 15.1 Å². The highest BCUT2D eigenvalue weighted by Gasteiger charge is 2.11. The summed E-state index contributed by atoms with van der Waals surface area (Å²) in [5.74, 6) is -0.389. The summed E-state index contributed by atoms with van der Waals surface area (Å²) in [7, 11) is 3.89. The number of hydrogen-bond acceptors (Lipinski definition) is 3. The molecule has 0 bridgehead atoms. The number of rotatable bonds is 9. The van der Waals surface area contributed by atoms with Crippen molar-refractivity contribution in [3.8, 4) is 0 Å². The Morgan fingerprint density at radius 3 is 2.30 bits per heavy atom. The third-order valence-electron chi connectivity index (χ3n) is 3.52. The maximum Gasteiger partial charge on any atom is 0.221 e. The molecule has 0 saturated heterocycles. The van der Waals surface area contributed by atoms with Crippen LogP contribution in [-0.4, -0.2) is 61.9 Å². The third-order valence-corrected chi connectivity index (χ3v) is 3.52. The minimum Gasteiger partial charge on any atom is -0.355 e. The second kappa shape index (κ2) is 9.94. The van der Waals surface area contributed by atoms with Crippen LogP contribution in [0.3, 0.4) is 0 Å². The van der Waals surface area contributed by atoms with Gasteiger partial charge in [0.15, 0.2) is 0 Å². The molecule has 1 aromatic rings. The molecule has 0 unspecified atom stereocenters. The molecule has 0 aliphatic heterocycles. The average Bonchev–Trinajstić information content (AvgIpc) is 2.48. The number of halogens is 1. The fraction of sp³-hybridized carbons (Fsp3) is 0.529. The van der Waals surface area contributed by atoms with Crippen LogP contribution < -0.4 is 5.32 Å². The molecule has 0 saturated carbocycles. The van der Waals surface area contributed by atoms with E-state index in [4.69, 9.17) is 0 Å². The maximum absolute atomic E-state index is 12.9. The minimum atomic E-state index is -0.272. The van der Waals surface area contributed by atoms with Gasteiger partial charge in [-0.2, -0.15) is 0 Å². The van der Waals surface area contributed by atoms with Crippen LogP contribution in [-0.2, 0) is 16.0 Å². The summed E-state index contributed by atoms with van der Waals surface area (Å²) >= 11 is 0. The molecular formula is C17H26FN3O2. The van der Waals surface area contributed by atoms with Crippen LogP contribution in [0.1, 0.15) is 18.9 Å². The van der Waals surface area contributed by atoms with Crippen molar-refractivity contribution in [3.05, 3.63) is 35.6 Å². The molecule has 1 aromatic carbocycles. The van der Waals surface area contributed by atoms with Gasteiger partial charge in [0.2, 0.25) is 11.8 Å². The monoisotopic (exact) mass is 323 g/mol. The summed E-state index contributed by atoms with van der Waals surface area (Å²) < 4.78 is 12.9. The van der Waals surface area contributed by atoms with Crippen LogP contribution in [0.2, 0.25) is 0 Å². The molecule has 5 nitrogen and oxygen atoms in total. The van der Waals surface area contributed by atoms with Crippen molar-refractivity contribution < 1.29 is 14.0 Å². The van der Waals surface area contributed by atoms with Gasteiger partial charge in [-0.25, -0.2) is 4.39 Å². The number of likely N-dealkylation sites (N-methyl/N-ethyl adjacent to an activating group) is 1. The largest absolute Gasteiger partial charge is 0.355 e. The van der Waals surface area contributed by atoms with Crippen LogP contribution in [0.15, 0.2) is 24.3 Å². The van der Waals surface area contributed by atoms with E-state index in [1.807, 2.05) is 19.0 Å². The number of nitrogens with zero attached hydrogens (tertiary/aromatic N) is 2. The zero-order valence-electron chi connectivity index (χ0n) is 14.1. The highest BCUT2D eigenvalue weighted by Crippen LogP contribution is 2.05. The van der Waals surface area contributed by atoms with Gasteiger partial charge in [0.1, 0.15) is 5.82 Å². The lowest BCUT2D eigenvalue weighted by Gasteiger charge is -2.21. The molecule has 0 fully saturated rings. The van der Waals surface area contributed by atoms with Gasteiger partial charge in [0, 0.05) is 39.5 Å². The molecule has 2 amide bonds. The van der Waals surface area contributed by atoms with E-state index in [0.717, 1.165) is 12.1 Å². The normalized spacial score (nSPS) is 10.7. The minimum absolute atomic E-state index is 0.0557. The second-order valence-electron chi connectivity index (χ2n) is 5.79. The summed E-state index contributed by atoms with van der Waals surface area (Å²) in [6.45, 7) is 3.79. The Morgan fingerprint density at radius 1 is 1.09 bits per heavy atom. The fourth-order valence-corrected chi connectivity index (χ4v) is 2.09. The molecule has 0 spiro atoms. The summed E-state index contributed by atoms with van der Waals surface area (Å²) in [5, 5.41) is 2.83. The smallest absolute Gasteiger partial charge is 0.221 e. The SMILES string of the molecule is CC(=O)N(CCC(=O)NCCN(C)C)CCc1ccc(F)cc1. The number of nitrogens with one attached hydrogen (secondary N) is 1. The van der Waals surface area contributed by atoms with Gasteiger partial charge in [-0.3, -0.25) is 9.59 Å². The van der Waals surface area contributed by atoms with Crippen LogP contribution in [0.5, 0.6) is 0 Å². The van der Waals surface area contributed by atoms with Crippen LogP contribution in [0.25, 0.3) is 0 Å². The number of hydrogen-bond donors (Lipinski definition) is 1. The van der Waals surface area contributed by atoms with E-state index in [9.17, 15) is 14.0 Å². The van der Waals surface area contributed by atoms with Crippen LogP contribution in [0.4, 0.5) is 4.39 Å². The second-order valence-corrected chi connectivity index (χ2v) is 5.79. The molecule has 0 aliphatic carbocycles. The van der Waals surface area contributed by atoms with Crippen molar-refractivity contribution in [2.24, 2.45) is 0 Å². The van der Waals surface area contributed by atoms with Crippen molar-refractivity contribution in [1.29, 1.82) is 0 Å². The number of carbonyl (C=O) groups excluding carboxylic acids is 2. The van der Waals surface area contributed by atoms with Gasteiger partial charge in [-0.1, -0.05) is 12.1 Å². The number of amides is 2. The molecule has 0 atom stereocenters. The van der Waals surface area contributed by atoms with Crippen LogP contribution in [0, 0.1) is 5.82 Å². The van der Waals surface area contributed by atoms with Gasteiger partial charge in [-0.05, 0) is 38.2 Å². The summed E-state index contributed by atoms with van der Waals surface area (Å²) in [6, 6.07) is 6.24. The Balaban J connectivity index is 2.35. The highest BCUT2D eigenvalue weighted by molar-refractivity contribution is 5.78. The molecule has 0 aromatic heterocycles. The molecule has 0 heterocycles. The van der Waals surface area contributed by atoms with E-state index in [1.165, 1.54) is 19.1 Å². The van der Waals surface area contributed by atoms with E-state index < -0.39 is 0 Å². The van der Waals surface area contributed by atoms with E-state index in [0.29, 0.717) is 26.1 Å². The molecule has 0 radical (unpaired) electrons. The summed E-state index contributed by atoms with van der Waals surface area (Å²) in [5.41, 5.74) is 0.966. The van der Waals surface area contributed by atoms with E-state index in [2.05, 4.69) is 5.32 Å². The van der Waals surface area contributed by atoms with Gasteiger partial charge >= 0.3 is 0 Å². The Kier molecular flexibility index (Phi) is 8.26. The lowest BCUT2D eigenvalue weighted by Crippen LogP contribution is -2.36. The fourth-order valence-electron chi connectivity index (χ4n) is 2.09. The molecule has 23 heavy (non-hydrogen) atoms. The first-order valence-electron chi connectivity index (χ1n) is 7.80. The van der Waals surface area contributed by atoms with E-state index in [-0.39, 0.29) is 24.1 Å². The Labute approximate surface area is 137 Å². The van der Waals surface area contributed by atoms with Gasteiger partial charge in [-0.15, -0.1) is 0 Å².